The molecule has 0 aliphatic rings. The van der Waals surface area contributed by atoms with Gasteiger partial charge in [-0.25, -0.2) is 0 Å². The third-order valence-corrected chi connectivity index (χ3v) is 3.68. The highest BCUT2D eigenvalue weighted by atomic mass is 16.3. The molecule has 4 heteroatoms. The van der Waals surface area contributed by atoms with Crippen molar-refractivity contribution >= 4 is 0 Å². The summed E-state index contributed by atoms with van der Waals surface area (Å²) < 4.78 is 5.58. The molecule has 0 aromatic carbocycles. The van der Waals surface area contributed by atoms with E-state index in [9.17, 15) is 5.11 Å². The fraction of sp³-hybridized carbons (Fsp3) is 0.400. The molecule has 0 saturated carbocycles. The number of pyridine rings is 1. The van der Waals surface area contributed by atoms with E-state index in [1.54, 1.807) is 12.4 Å². The summed E-state index contributed by atoms with van der Waals surface area (Å²) in [4.78, 5) is 3.99. The summed E-state index contributed by atoms with van der Waals surface area (Å²) >= 11 is 0. The van der Waals surface area contributed by atoms with Crippen LogP contribution in [0.4, 0.5) is 0 Å². The molecule has 3 N–H and O–H groups in total. The van der Waals surface area contributed by atoms with Crippen molar-refractivity contribution < 1.29 is 9.52 Å². The predicted molar refractivity (Wildman–Crippen MR) is 73.9 cm³/mol. The van der Waals surface area contributed by atoms with Gasteiger partial charge in [0.15, 0.2) is 0 Å². The first kappa shape index (κ1) is 13.8. The molecule has 0 saturated heterocycles. The number of nitrogens with zero attached hydrogens (tertiary/aromatic N) is 1. The number of furan rings is 1. The van der Waals surface area contributed by atoms with E-state index < -0.39 is 6.10 Å². The number of aromatic nitrogens is 1. The van der Waals surface area contributed by atoms with Crippen LogP contribution in [0.15, 0.2) is 28.9 Å². The molecule has 0 bridgehead atoms. The summed E-state index contributed by atoms with van der Waals surface area (Å²) in [5.41, 5.74) is 8.68. The number of hydrogen-bond acceptors (Lipinski definition) is 4. The minimum Gasteiger partial charge on any atom is -0.466 e. The van der Waals surface area contributed by atoms with E-state index in [0.29, 0.717) is 6.54 Å². The summed E-state index contributed by atoms with van der Waals surface area (Å²) in [6.07, 6.45) is 2.76. The molecule has 2 aromatic heterocycles. The highest BCUT2D eigenvalue weighted by Gasteiger charge is 2.27. The van der Waals surface area contributed by atoms with Crippen LogP contribution in [-0.4, -0.2) is 16.6 Å². The summed E-state index contributed by atoms with van der Waals surface area (Å²) in [6, 6.07) is 3.77. The Morgan fingerprint density at radius 3 is 2.32 bits per heavy atom. The van der Waals surface area contributed by atoms with E-state index >= 15 is 0 Å². The third kappa shape index (κ3) is 2.55. The molecule has 0 spiro atoms. The number of nitrogens with two attached hydrogens (primary N) is 1. The standard InChI is InChI=1S/C15H20N2O2/c1-9-10(2)19-11(3)14(9)15(18)13(8-16)12-4-6-17-7-5-12/h4-7,13,15,18H,8,16H2,1-3H3. The molecule has 19 heavy (non-hydrogen) atoms. The van der Waals surface area contributed by atoms with Gasteiger partial charge in [-0.2, -0.15) is 0 Å². The van der Waals surface area contributed by atoms with Crippen LogP contribution >= 0.6 is 0 Å². The zero-order valence-corrected chi connectivity index (χ0v) is 11.6. The minimum atomic E-state index is -0.662. The van der Waals surface area contributed by atoms with Crippen molar-refractivity contribution in [3.63, 3.8) is 0 Å². The lowest BCUT2D eigenvalue weighted by Crippen LogP contribution is -2.21. The molecule has 2 heterocycles. The van der Waals surface area contributed by atoms with Crippen LogP contribution in [0.5, 0.6) is 0 Å². The first-order chi connectivity index (χ1) is 9.06. The van der Waals surface area contributed by atoms with Crippen molar-refractivity contribution in [3.05, 3.63) is 52.7 Å². The lowest BCUT2D eigenvalue weighted by atomic mass is 9.88. The van der Waals surface area contributed by atoms with E-state index in [0.717, 1.165) is 28.2 Å². The summed E-state index contributed by atoms with van der Waals surface area (Å²) in [6.45, 7) is 6.11. The molecule has 2 rings (SSSR count). The third-order valence-electron chi connectivity index (χ3n) is 3.68. The van der Waals surface area contributed by atoms with E-state index in [1.165, 1.54) is 0 Å². The SMILES string of the molecule is Cc1oc(C)c(C(O)C(CN)c2ccncc2)c1C. The first-order valence-corrected chi connectivity index (χ1v) is 6.40. The van der Waals surface area contributed by atoms with Gasteiger partial charge in [-0.1, -0.05) is 0 Å². The average Bonchev–Trinajstić information content (AvgIpc) is 2.65. The molecule has 2 unspecified atom stereocenters. The molecule has 2 aromatic rings. The summed E-state index contributed by atoms with van der Waals surface area (Å²) in [5, 5.41) is 10.6. The average molecular weight is 260 g/mol. The molecule has 0 amide bonds. The second-order valence-corrected chi connectivity index (χ2v) is 4.82. The fourth-order valence-electron chi connectivity index (χ4n) is 2.50. The van der Waals surface area contributed by atoms with Crippen molar-refractivity contribution in [1.82, 2.24) is 4.98 Å². The molecule has 0 fully saturated rings. The van der Waals surface area contributed by atoms with E-state index in [-0.39, 0.29) is 5.92 Å². The van der Waals surface area contributed by atoms with Gasteiger partial charge in [-0.15, -0.1) is 0 Å². The monoisotopic (exact) mass is 260 g/mol. The molecule has 4 nitrogen and oxygen atoms in total. The molecule has 102 valence electrons. The Labute approximate surface area is 113 Å². The van der Waals surface area contributed by atoms with Crippen LogP contribution in [0.3, 0.4) is 0 Å². The quantitative estimate of drug-likeness (QED) is 0.885. The maximum absolute atomic E-state index is 10.6. The molecule has 0 aliphatic carbocycles. The molecular formula is C15H20N2O2. The first-order valence-electron chi connectivity index (χ1n) is 6.40. The van der Waals surface area contributed by atoms with Gasteiger partial charge < -0.3 is 15.3 Å². The maximum Gasteiger partial charge on any atom is 0.107 e. The van der Waals surface area contributed by atoms with Gasteiger partial charge >= 0.3 is 0 Å². The van der Waals surface area contributed by atoms with Gasteiger partial charge in [-0.05, 0) is 44.0 Å². The zero-order chi connectivity index (χ0) is 14.0. The Balaban J connectivity index is 2.39. The van der Waals surface area contributed by atoms with Crippen LogP contribution in [0.2, 0.25) is 0 Å². The summed E-state index contributed by atoms with van der Waals surface area (Å²) in [5.74, 6) is 1.45. The smallest absolute Gasteiger partial charge is 0.107 e. The molecule has 0 radical (unpaired) electrons. The van der Waals surface area contributed by atoms with Crippen molar-refractivity contribution in [2.75, 3.05) is 6.54 Å². The van der Waals surface area contributed by atoms with Gasteiger partial charge in [0, 0.05) is 30.4 Å². The molecule has 0 aliphatic heterocycles. The van der Waals surface area contributed by atoms with Crippen LogP contribution in [0.1, 0.15) is 40.2 Å². The number of aliphatic hydroxyl groups excluding tert-OH is 1. The van der Waals surface area contributed by atoms with Crippen molar-refractivity contribution in [3.8, 4) is 0 Å². The molecular weight excluding hydrogens is 240 g/mol. The minimum absolute atomic E-state index is 0.155. The van der Waals surface area contributed by atoms with Gasteiger partial charge in [0.05, 0.1) is 6.10 Å². The topological polar surface area (TPSA) is 72.3 Å². The fourth-order valence-corrected chi connectivity index (χ4v) is 2.50. The molecule has 2 atom stereocenters. The number of aliphatic hydroxyl groups is 1. The van der Waals surface area contributed by atoms with Crippen LogP contribution in [0, 0.1) is 20.8 Å². The second-order valence-electron chi connectivity index (χ2n) is 4.82. The lowest BCUT2D eigenvalue weighted by molar-refractivity contribution is 0.145. The second kappa shape index (κ2) is 5.55. The van der Waals surface area contributed by atoms with Crippen LogP contribution in [-0.2, 0) is 0 Å². The largest absolute Gasteiger partial charge is 0.466 e. The number of rotatable bonds is 4. The van der Waals surface area contributed by atoms with Gasteiger partial charge in [-0.3, -0.25) is 4.98 Å². The highest BCUT2D eigenvalue weighted by molar-refractivity contribution is 5.36. The predicted octanol–water partition coefficient (Wildman–Crippen LogP) is 2.38. The van der Waals surface area contributed by atoms with Crippen molar-refractivity contribution in [2.45, 2.75) is 32.8 Å². The summed E-state index contributed by atoms with van der Waals surface area (Å²) in [7, 11) is 0. The Hall–Kier alpha value is -1.65. The van der Waals surface area contributed by atoms with E-state index in [1.807, 2.05) is 32.9 Å². The van der Waals surface area contributed by atoms with E-state index in [2.05, 4.69) is 4.98 Å². The highest BCUT2D eigenvalue weighted by Crippen LogP contribution is 2.35. The van der Waals surface area contributed by atoms with Crippen molar-refractivity contribution in [1.29, 1.82) is 0 Å². The maximum atomic E-state index is 10.6. The number of aryl methyl sites for hydroxylation is 2. The van der Waals surface area contributed by atoms with Crippen LogP contribution in [0.25, 0.3) is 0 Å². The Kier molecular flexibility index (Phi) is 4.02. The van der Waals surface area contributed by atoms with E-state index in [4.69, 9.17) is 10.2 Å². The Morgan fingerprint density at radius 2 is 1.84 bits per heavy atom. The zero-order valence-electron chi connectivity index (χ0n) is 11.6. The van der Waals surface area contributed by atoms with Crippen molar-refractivity contribution in [2.24, 2.45) is 5.73 Å². The van der Waals surface area contributed by atoms with Gasteiger partial charge in [0.25, 0.3) is 0 Å². The Bertz CT molecular complexity index is 549. The van der Waals surface area contributed by atoms with Gasteiger partial charge in [0.2, 0.25) is 0 Å². The van der Waals surface area contributed by atoms with Crippen LogP contribution < -0.4 is 5.73 Å². The Morgan fingerprint density at radius 1 is 1.21 bits per heavy atom. The lowest BCUT2D eigenvalue weighted by Gasteiger charge is -2.22. The van der Waals surface area contributed by atoms with Gasteiger partial charge in [0.1, 0.15) is 11.5 Å². The number of hydrogen-bond donors (Lipinski definition) is 2. The normalized spacial score (nSPS) is 14.4.